The molecule has 0 spiro atoms. The molecular formula is C12H18N2O3. The van der Waals surface area contributed by atoms with Crippen molar-refractivity contribution in [3.63, 3.8) is 0 Å². The molecule has 0 aromatic heterocycles. The Morgan fingerprint density at radius 2 is 2.24 bits per heavy atom. The maximum atomic E-state index is 11.5. The number of carbonyl (C=O) groups is 2. The Kier molecular flexibility index (Phi) is 4.83. The van der Waals surface area contributed by atoms with Crippen molar-refractivity contribution in [2.75, 3.05) is 0 Å². The van der Waals surface area contributed by atoms with E-state index in [1.807, 2.05) is 6.92 Å². The fourth-order valence-electron chi connectivity index (χ4n) is 1.98. The molecule has 0 bridgehead atoms. The molecule has 0 radical (unpaired) electrons. The maximum Gasteiger partial charge on any atom is 0.315 e. The summed E-state index contributed by atoms with van der Waals surface area (Å²) in [5.74, 6) is 1.34. The van der Waals surface area contributed by atoms with E-state index in [0.29, 0.717) is 25.7 Å². The van der Waals surface area contributed by atoms with E-state index in [4.69, 9.17) is 11.5 Å². The van der Waals surface area contributed by atoms with Crippen molar-refractivity contribution in [3.05, 3.63) is 0 Å². The van der Waals surface area contributed by atoms with E-state index in [0.717, 1.165) is 0 Å². The molecule has 2 amide bonds. The first-order chi connectivity index (χ1) is 8.06. The number of hydrogen-bond acceptors (Lipinski definition) is 2. The summed E-state index contributed by atoms with van der Waals surface area (Å²) in [4.78, 5) is 22.3. The number of terminal acetylenes is 1. The van der Waals surface area contributed by atoms with Crippen LogP contribution in [0.2, 0.25) is 0 Å². The molecule has 1 saturated carbocycles. The van der Waals surface area contributed by atoms with Crippen LogP contribution in [0.3, 0.4) is 0 Å². The summed E-state index contributed by atoms with van der Waals surface area (Å²) in [5.41, 5.74) is 0. The molecule has 1 aliphatic rings. The van der Waals surface area contributed by atoms with Gasteiger partial charge in [-0.3, -0.25) is 4.79 Å². The van der Waals surface area contributed by atoms with Crippen molar-refractivity contribution in [3.8, 4) is 12.3 Å². The molecule has 1 fully saturated rings. The van der Waals surface area contributed by atoms with Gasteiger partial charge in [-0.2, -0.15) is 0 Å². The van der Waals surface area contributed by atoms with E-state index >= 15 is 0 Å². The quantitative estimate of drug-likeness (QED) is 0.638. The first-order valence-corrected chi connectivity index (χ1v) is 5.82. The second-order valence-electron chi connectivity index (χ2n) is 4.29. The molecule has 1 rings (SSSR count). The Balaban J connectivity index is 2.33. The lowest BCUT2D eigenvalue weighted by atomic mass is 10.1. The molecule has 5 heteroatoms. The van der Waals surface area contributed by atoms with Gasteiger partial charge in [-0.05, 0) is 25.7 Å². The van der Waals surface area contributed by atoms with Crippen molar-refractivity contribution in [2.24, 2.45) is 5.92 Å². The molecule has 0 saturated heterocycles. The highest BCUT2D eigenvalue weighted by Crippen LogP contribution is 2.25. The fourth-order valence-corrected chi connectivity index (χ4v) is 1.98. The van der Waals surface area contributed by atoms with Crippen LogP contribution in [0, 0.1) is 18.3 Å². The van der Waals surface area contributed by atoms with Gasteiger partial charge in [0.1, 0.15) is 0 Å². The fraction of sp³-hybridized carbons (Fsp3) is 0.667. The second kappa shape index (κ2) is 6.14. The number of hydrogen-bond donors (Lipinski definition) is 3. The monoisotopic (exact) mass is 238 g/mol. The predicted molar refractivity (Wildman–Crippen MR) is 63.3 cm³/mol. The zero-order chi connectivity index (χ0) is 12.8. The smallest absolute Gasteiger partial charge is 0.315 e. The Bertz CT molecular complexity index is 335. The summed E-state index contributed by atoms with van der Waals surface area (Å²) in [7, 11) is 0. The normalized spacial score (nSPS) is 24.7. The van der Waals surface area contributed by atoms with E-state index < -0.39 is 5.97 Å². The topological polar surface area (TPSA) is 78.4 Å². The van der Waals surface area contributed by atoms with Crippen LogP contribution in [-0.4, -0.2) is 29.2 Å². The minimum absolute atomic E-state index is 0.0635. The summed E-state index contributed by atoms with van der Waals surface area (Å²) in [5, 5.41) is 14.2. The summed E-state index contributed by atoms with van der Waals surface area (Å²) in [6.45, 7) is 1.89. The van der Waals surface area contributed by atoms with Crippen LogP contribution in [0.4, 0.5) is 4.79 Å². The zero-order valence-electron chi connectivity index (χ0n) is 9.90. The molecular weight excluding hydrogens is 220 g/mol. The number of amides is 2. The van der Waals surface area contributed by atoms with Crippen LogP contribution in [0.5, 0.6) is 0 Å². The van der Waals surface area contributed by atoms with E-state index in [-0.39, 0.29) is 24.0 Å². The molecule has 3 N–H and O–H groups in total. The number of carbonyl (C=O) groups excluding carboxylic acids is 1. The molecule has 0 aromatic rings. The van der Waals surface area contributed by atoms with Gasteiger partial charge in [0, 0.05) is 6.04 Å². The van der Waals surface area contributed by atoms with E-state index in [9.17, 15) is 9.59 Å². The van der Waals surface area contributed by atoms with Crippen molar-refractivity contribution >= 4 is 12.0 Å². The van der Waals surface area contributed by atoms with Crippen LogP contribution < -0.4 is 10.6 Å². The van der Waals surface area contributed by atoms with E-state index in [1.165, 1.54) is 0 Å². The predicted octanol–water partition coefficient (Wildman–Crippen LogP) is 0.951. The molecule has 3 atom stereocenters. The van der Waals surface area contributed by atoms with Crippen molar-refractivity contribution < 1.29 is 14.7 Å². The van der Waals surface area contributed by atoms with E-state index in [1.54, 1.807) is 0 Å². The summed E-state index contributed by atoms with van der Waals surface area (Å²) in [6.07, 6.45) is 7.72. The van der Waals surface area contributed by atoms with Gasteiger partial charge in [-0.1, -0.05) is 12.8 Å². The number of aliphatic carboxylic acids is 1. The second-order valence-corrected chi connectivity index (χ2v) is 4.29. The lowest BCUT2D eigenvalue weighted by molar-refractivity contribution is -0.141. The molecule has 0 heterocycles. The Hall–Kier alpha value is -1.70. The molecule has 0 aromatic carbocycles. The van der Waals surface area contributed by atoms with Crippen LogP contribution in [0.1, 0.15) is 32.6 Å². The third kappa shape index (κ3) is 3.99. The molecule has 17 heavy (non-hydrogen) atoms. The third-order valence-corrected chi connectivity index (χ3v) is 3.03. The molecule has 94 valence electrons. The average Bonchev–Trinajstić information content (AvgIpc) is 2.74. The van der Waals surface area contributed by atoms with Gasteiger partial charge in [0.15, 0.2) is 0 Å². The van der Waals surface area contributed by atoms with Gasteiger partial charge in [0.2, 0.25) is 0 Å². The Labute approximate surface area is 101 Å². The number of nitrogens with one attached hydrogen (secondary N) is 2. The van der Waals surface area contributed by atoms with Crippen molar-refractivity contribution in [1.29, 1.82) is 0 Å². The summed E-state index contributed by atoms with van der Waals surface area (Å²) >= 11 is 0. The zero-order valence-corrected chi connectivity index (χ0v) is 9.90. The van der Waals surface area contributed by atoms with Gasteiger partial charge in [0.25, 0.3) is 0 Å². The molecule has 3 unspecified atom stereocenters. The first-order valence-electron chi connectivity index (χ1n) is 5.82. The number of rotatable bonds is 4. The lowest BCUT2D eigenvalue weighted by Crippen LogP contribution is -2.45. The highest BCUT2D eigenvalue weighted by Gasteiger charge is 2.30. The van der Waals surface area contributed by atoms with Crippen molar-refractivity contribution in [1.82, 2.24) is 10.6 Å². The van der Waals surface area contributed by atoms with Crippen LogP contribution >= 0.6 is 0 Å². The van der Waals surface area contributed by atoms with Gasteiger partial charge in [-0.15, -0.1) is 6.42 Å². The van der Waals surface area contributed by atoms with Crippen molar-refractivity contribution in [2.45, 2.75) is 44.7 Å². The maximum absolute atomic E-state index is 11.5. The van der Waals surface area contributed by atoms with Crippen LogP contribution in [0.15, 0.2) is 0 Å². The van der Waals surface area contributed by atoms with Gasteiger partial charge in [-0.25, -0.2) is 4.79 Å². The average molecular weight is 238 g/mol. The summed E-state index contributed by atoms with van der Waals surface area (Å²) < 4.78 is 0. The third-order valence-electron chi connectivity index (χ3n) is 3.03. The van der Waals surface area contributed by atoms with Crippen LogP contribution in [-0.2, 0) is 4.79 Å². The van der Waals surface area contributed by atoms with E-state index in [2.05, 4.69) is 16.6 Å². The highest BCUT2D eigenvalue weighted by molar-refractivity contribution is 5.75. The van der Waals surface area contributed by atoms with Gasteiger partial charge < -0.3 is 15.7 Å². The molecule has 5 nitrogen and oxygen atoms in total. The Morgan fingerprint density at radius 3 is 2.71 bits per heavy atom. The largest absolute Gasteiger partial charge is 0.481 e. The highest BCUT2D eigenvalue weighted by atomic mass is 16.4. The molecule has 1 aliphatic carbocycles. The SMILES string of the molecule is C#CC(CC)NC(=O)NC1CCC(C(=O)O)C1. The number of carboxylic acids is 1. The minimum Gasteiger partial charge on any atom is -0.481 e. The summed E-state index contributed by atoms with van der Waals surface area (Å²) in [6, 6.07) is -0.649. The number of urea groups is 1. The van der Waals surface area contributed by atoms with Gasteiger partial charge >= 0.3 is 12.0 Å². The standard InChI is InChI=1S/C12H18N2O3/c1-3-9(4-2)13-12(17)14-10-6-5-8(7-10)11(15)16/h1,8-10H,4-7H2,2H3,(H,15,16)(H2,13,14,17). The minimum atomic E-state index is -0.787. The molecule has 0 aliphatic heterocycles. The van der Waals surface area contributed by atoms with Gasteiger partial charge in [0.05, 0.1) is 12.0 Å². The van der Waals surface area contributed by atoms with Crippen LogP contribution in [0.25, 0.3) is 0 Å². The first kappa shape index (κ1) is 13.4. The Morgan fingerprint density at radius 1 is 1.53 bits per heavy atom. The number of carboxylic acid groups (broad SMARTS) is 1. The lowest BCUT2D eigenvalue weighted by Gasteiger charge is -2.16.